The van der Waals surface area contributed by atoms with Crippen molar-refractivity contribution in [2.24, 2.45) is 0 Å². The molecule has 0 saturated carbocycles. The van der Waals surface area contributed by atoms with Gasteiger partial charge < -0.3 is 5.32 Å². The van der Waals surface area contributed by atoms with Crippen LogP contribution in [0.2, 0.25) is 0 Å². The van der Waals surface area contributed by atoms with E-state index < -0.39 is 4.92 Å². The summed E-state index contributed by atoms with van der Waals surface area (Å²) in [5.41, 5.74) is 1.41. The van der Waals surface area contributed by atoms with Gasteiger partial charge in [-0.05, 0) is 49.1 Å². The molecule has 24 heavy (non-hydrogen) atoms. The van der Waals surface area contributed by atoms with Crippen molar-refractivity contribution in [3.63, 3.8) is 0 Å². The normalized spacial score (nSPS) is 10.8. The standard InChI is InChI=1S/C17H13FN2O3S/c1-9-12-8-11(18)6-7-15(12)24-16(9)17(21)19-13-4-3-5-14(10(13)2)20(22)23/h3-8H,1-2H3,(H,19,21). The van der Waals surface area contributed by atoms with Crippen LogP contribution in [0.3, 0.4) is 0 Å². The summed E-state index contributed by atoms with van der Waals surface area (Å²) in [6.45, 7) is 3.34. The average Bonchev–Trinajstić information content (AvgIpc) is 2.86. The predicted octanol–water partition coefficient (Wildman–Crippen LogP) is 4.82. The molecule has 0 spiro atoms. The Morgan fingerprint density at radius 1 is 1.21 bits per heavy atom. The molecule has 0 bridgehead atoms. The third-order valence-corrected chi connectivity index (χ3v) is 5.13. The highest BCUT2D eigenvalue weighted by Gasteiger charge is 2.19. The lowest BCUT2D eigenvalue weighted by Crippen LogP contribution is -2.12. The first-order chi connectivity index (χ1) is 11.4. The summed E-state index contributed by atoms with van der Waals surface area (Å²) in [6, 6.07) is 8.91. The number of thiophene rings is 1. The number of carbonyl (C=O) groups is 1. The van der Waals surface area contributed by atoms with Crippen LogP contribution in [-0.4, -0.2) is 10.8 Å². The van der Waals surface area contributed by atoms with E-state index in [9.17, 15) is 19.3 Å². The molecule has 0 aliphatic heterocycles. The van der Waals surface area contributed by atoms with E-state index in [4.69, 9.17) is 0 Å². The topological polar surface area (TPSA) is 72.2 Å². The van der Waals surface area contributed by atoms with Crippen molar-refractivity contribution in [1.82, 2.24) is 0 Å². The van der Waals surface area contributed by atoms with Gasteiger partial charge in [-0.2, -0.15) is 0 Å². The molecule has 1 heterocycles. The van der Waals surface area contributed by atoms with Crippen LogP contribution < -0.4 is 5.32 Å². The Bertz CT molecular complexity index is 981. The van der Waals surface area contributed by atoms with Crippen molar-refractivity contribution in [3.05, 3.63) is 68.3 Å². The van der Waals surface area contributed by atoms with Gasteiger partial charge in [0.15, 0.2) is 0 Å². The zero-order chi connectivity index (χ0) is 17.4. The molecule has 3 rings (SSSR count). The molecular weight excluding hydrogens is 331 g/mol. The summed E-state index contributed by atoms with van der Waals surface area (Å²) >= 11 is 1.26. The second-order valence-electron chi connectivity index (χ2n) is 5.36. The minimum atomic E-state index is -0.488. The number of carbonyl (C=O) groups excluding carboxylic acids is 1. The van der Waals surface area contributed by atoms with Gasteiger partial charge in [-0.3, -0.25) is 14.9 Å². The van der Waals surface area contributed by atoms with Crippen molar-refractivity contribution in [2.75, 3.05) is 5.32 Å². The first-order valence-electron chi connectivity index (χ1n) is 7.12. The maximum Gasteiger partial charge on any atom is 0.274 e. The van der Waals surface area contributed by atoms with Crippen LogP contribution in [0.4, 0.5) is 15.8 Å². The molecule has 0 aliphatic rings. The quantitative estimate of drug-likeness (QED) is 0.547. The zero-order valence-electron chi connectivity index (χ0n) is 12.9. The molecule has 0 unspecified atom stereocenters. The van der Waals surface area contributed by atoms with Gasteiger partial charge in [0.2, 0.25) is 0 Å². The minimum absolute atomic E-state index is 0.0528. The van der Waals surface area contributed by atoms with Gasteiger partial charge in [0.05, 0.1) is 21.1 Å². The van der Waals surface area contributed by atoms with Crippen molar-refractivity contribution in [1.29, 1.82) is 0 Å². The highest BCUT2D eigenvalue weighted by Crippen LogP contribution is 2.32. The number of fused-ring (bicyclic) bond motifs is 1. The van der Waals surface area contributed by atoms with E-state index >= 15 is 0 Å². The fourth-order valence-corrected chi connectivity index (χ4v) is 3.63. The lowest BCUT2D eigenvalue weighted by Gasteiger charge is -2.08. The largest absolute Gasteiger partial charge is 0.321 e. The number of anilines is 1. The molecule has 0 atom stereocenters. The van der Waals surface area contributed by atoms with Crippen LogP contribution in [0.1, 0.15) is 20.8 Å². The van der Waals surface area contributed by atoms with Crippen LogP contribution in [0.15, 0.2) is 36.4 Å². The van der Waals surface area contributed by atoms with E-state index in [0.29, 0.717) is 27.1 Å². The summed E-state index contributed by atoms with van der Waals surface area (Å²) in [6.07, 6.45) is 0. The van der Waals surface area contributed by atoms with E-state index in [1.807, 2.05) is 0 Å². The summed E-state index contributed by atoms with van der Waals surface area (Å²) in [4.78, 5) is 23.5. The van der Waals surface area contributed by atoms with Crippen molar-refractivity contribution in [3.8, 4) is 0 Å². The Labute approximate surface area is 140 Å². The number of hydrogen-bond donors (Lipinski definition) is 1. The molecule has 1 amide bonds. The Morgan fingerprint density at radius 2 is 1.96 bits per heavy atom. The van der Waals surface area contributed by atoms with Crippen LogP contribution >= 0.6 is 11.3 Å². The number of nitrogens with zero attached hydrogens (tertiary/aromatic N) is 1. The molecule has 0 aliphatic carbocycles. The third kappa shape index (κ3) is 2.74. The smallest absolute Gasteiger partial charge is 0.274 e. The first kappa shape index (κ1) is 16.1. The van der Waals surface area contributed by atoms with Crippen LogP contribution in [0, 0.1) is 29.8 Å². The molecule has 122 valence electrons. The first-order valence-corrected chi connectivity index (χ1v) is 7.94. The summed E-state index contributed by atoms with van der Waals surface area (Å²) < 4.78 is 14.2. The Morgan fingerprint density at radius 3 is 2.67 bits per heavy atom. The lowest BCUT2D eigenvalue weighted by atomic mass is 10.1. The molecule has 7 heteroatoms. The third-order valence-electron chi connectivity index (χ3n) is 3.85. The highest BCUT2D eigenvalue weighted by atomic mass is 32.1. The van der Waals surface area contributed by atoms with Gasteiger partial charge in [-0.15, -0.1) is 11.3 Å². The molecule has 0 fully saturated rings. The van der Waals surface area contributed by atoms with E-state index in [1.54, 1.807) is 26.0 Å². The average molecular weight is 344 g/mol. The molecule has 1 aromatic heterocycles. The Hall–Kier alpha value is -2.80. The van der Waals surface area contributed by atoms with Gasteiger partial charge in [-0.25, -0.2) is 4.39 Å². The molecular formula is C17H13FN2O3S. The molecule has 1 N–H and O–H groups in total. The molecule has 3 aromatic rings. The summed E-state index contributed by atoms with van der Waals surface area (Å²) in [5, 5.41) is 14.4. The van der Waals surface area contributed by atoms with Crippen molar-refractivity contribution in [2.45, 2.75) is 13.8 Å². The van der Waals surface area contributed by atoms with Crippen molar-refractivity contribution < 1.29 is 14.1 Å². The fourth-order valence-electron chi connectivity index (χ4n) is 2.55. The monoisotopic (exact) mass is 344 g/mol. The maximum absolute atomic E-state index is 13.4. The predicted molar refractivity (Wildman–Crippen MR) is 92.3 cm³/mol. The van der Waals surface area contributed by atoms with Crippen LogP contribution in [-0.2, 0) is 0 Å². The van der Waals surface area contributed by atoms with Gasteiger partial charge in [-0.1, -0.05) is 6.07 Å². The second-order valence-corrected chi connectivity index (χ2v) is 6.41. The summed E-state index contributed by atoms with van der Waals surface area (Å²) in [5.74, 6) is -0.720. The molecule has 0 radical (unpaired) electrons. The van der Waals surface area contributed by atoms with Gasteiger partial charge in [0, 0.05) is 10.8 Å². The number of nitrogens with one attached hydrogen (secondary N) is 1. The number of aryl methyl sites for hydroxylation is 1. The van der Waals surface area contributed by atoms with E-state index in [1.165, 1.54) is 35.6 Å². The van der Waals surface area contributed by atoms with Gasteiger partial charge >= 0.3 is 0 Å². The zero-order valence-corrected chi connectivity index (χ0v) is 13.7. The lowest BCUT2D eigenvalue weighted by molar-refractivity contribution is -0.385. The van der Waals surface area contributed by atoms with Gasteiger partial charge in [0.25, 0.3) is 11.6 Å². The summed E-state index contributed by atoms with van der Waals surface area (Å²) in [7, 11) is 0. The van der Waals surface area contributed by atoms with E-state index in [0.717, 1.165) is 4.70 Å². The fraction of sp³-hybridized carbons (Fsp3) is 0.118. The minimum Gasteiger partial charge on any atom is -0.321 e. The number of halogens is 1. The molecule has 2 aromatic carbocycles. The molecule has 5 nitrogen and oxygen atoms in total. The SMILES string of the molecule is Cc1c(NC(=O)c2sc3ccc(F)cc3c2C)cccc1[N+](=O)[O-]. The number of amides is 1. The number of nitro groups is 1. The number of nitro benzene ring substituents is 1. The van der Waals surface area contributed by atoms with Crippen LogP contribution in [0.5, 0.6) is 0 Å². The number of rotatable bonds is 3. The van der Waals surface area contributed by atoms with Crippen LogP contribution in [0.25, 0.3) is 10.1 Å². The van der Waals surface area contributed by atoms with Gasteiger partial charge in [0.1, 0.15) is 5.82 Å². The van der Waals surface area contributed by atoms with E-state index in [-0.39, 0.29) is 17.4 Å². The molecule has 0 saturated heterocycles. The Balaban J connectivity index is 1.98. The second kappa shape index (κ2) is 6.01. The maximum atomic E-state index is 13.4. The van der Waals surface area contributed by atoms with E-state index in [2.05, 4.69) is 5.32 Å². The Kier molecular flexibility index (Phi) is 4.02. The van der Waals surface area contributed by atoms with Crippen molar-refractivity contribution >= 4 is 38.7 Å². The highest BCUT2D eigenvalue weighted by molar-refractivity contribution is 7.21. The number of benzene rings is 2. The number of hydrogen-bond acceptors (Lipinski definition) is 4.